The van der Waals surface area contributed by atoms with Crippen LogP contribution in [-0.4, -0.2) is 16.7 Å². The van der Waals surface area contributed by atoms with E-state index in [0.29, 0.717) is 46.1 Å². The highest BCUT2D eigenvalue weighted by Crippen LogP contribution is 2.44. The van der Waals surface area contributed by atoms with Crippen LogP contribution in [0, 0.1) is 11.3 Å². The van der Waals surface area contributed by atoms with Crippen molar-refractivity contribution in [3.63, 3.8) is 0 Å². The van der Waals surface area contributed by atoms with Crippen molar-refractivity contribution in [3.8, 4) is 6.07 Å². The van der Waals surface area contributed by atoms with Gasteiger partial charge in [0.1, 0.15) is 5.82 Å². The average Bonchev–Trinajstić information content (AvgIpc) is 2.59. The number of amides is 1. The van der Waals surface area contributed by atoms with Crippen molar-refractivity contribution in [3.05, 3.63) is 56.5 Å². The van der Waals surface area contributed by atoms with Crippen molar-refractivity contribution in [2.45, 2.75) is 32.1 Å². The third kappa shape index (κ3) is 3.05. The van der Waals surface area contributed by atoms with E-state index in [0.717, 1.165) is 0 Å². The van der Waals surface area contributed by atoms with Gasteiger partial charge in [-0.1, -0.05) is 29.3 Å². The molecule has 8 heteroatoms. The van der Waals surface area contributed by atoms with Gasteiger partial charge in [-0.2, -0.15) is 5.26 Å². The number of hydrazine groups is 1. The van der Waals surface area contributed by atoms with E-state index in [9.17, 15) is 14.9 Å². The normalized spacial score (nSPS) is 20.0. The number of hydrogen-bond donors (Lipinski definition) is 2. The monoisotopic (exact) mass is 390 g/mol. The molecular formula is C18H16Cl2N4O2. The number of hydrogen-bond acceptors (Lipinski definition) is 5. The van der Waals surface area contributed by atoms with Crippen LogP contribution in [0.1, 0.15) is 37.7 Å². The van der Waals surface area contributed by atoms with E-state index in [-0.39, 0.29) is 23.1 Å². The molecule has 0 saturated heterocycles. The van der Waals surface area contributed by atoms with Gasteiger partial charge in [-0.25, -0.2) is 5.01 Å². The summed E-state index contributed by atoms with van der Waals surface area (Å²) in [5.41, 5.74) is 10.7. The van der Waals surface area contributed by atoms with Gasteiger partial charge in [-0.05, 0) is 30.5 Å². The first-order chi connectivity index (χ1) is 12.3. The molecule has 1 aromatic rings. The summed E-state index contributed by atoms with van der Waals surface area (Å²) < 4.78 is 0. The van der Waals surface area contributed by atoms with E-state index < -0.39 is 5.92 Å². The van der Waals surface area contributed by atoms with Gasteiger partial charge in [0.2, 0.25) is 5.91 Å². The van der Waals surface area contributed by atoms with Gasteiger partial charge in [-0.15, -0.1) is 0 Å². The van der Waals surface area contributed by atoms with E-state index in [1.807, 2.05) is 0 Å². The quantitative estimate of drug-likeness (QED) is 0.807. The minimum Gasteiger partial charge on any atom is -0.383 e. The summed E-state index contributed by atoms with van der Waals surface area (Å²) >= 11 is 12.1. The Balaban J connectivity index is 2.24. The molecule has 1 unspecified atom stereocenters. The maximum atomic E-state index is 12.7. The molecule has 1 aliphatic carbocycles. The molecule has 0 fully saturated rings. The first-order valence-electron chi connectivity index (χ1n) is 8.03. The summed E-state index contributed by atoms with van der Waals surface area (Å²) in [7, 11) is 0. The molecule has 0 bridgehead atoms. The second-order valence-electron chi connectivity index (χ2n) is 6.16. The van der Waals surface area contributed by atoms with Crippen molar-refractivity contribution in [1.82, 2.24) is 10.4 Å². The minimum atomic E-state index is -0.637. The fourth-order valence-electron chi connectivity index (χ4n) is 3.40. The fraction of sp³-hybridized carbons (Fsp3) is 0.278. The van der Waals surface area contributed by atoms with Gasteiger partial charge in [0.25, 0.3) is 0 Å². The number of Topliss-reactive ketones (excluding diaryl/α,β-unsaturated/α-hetero) is 1. The molecule has 0 spiro atoms. The number of benzene rings is 1. The Bertz CT molecular complexity index is 914. The molecular weight excluding hydrogens is 375 g/mol. The van der Waals surface area contributed by atoms with E-state index in [1.54, 1.807) is 18.2 Å². The minimum absolute atomic E-state index is 0.0714. The Morgan fingerprint density at radius 2 is 2.08 bits per heavy atom. The first-order valence-corrected chi connectivity index (χ1v) is 8.79. The average molecular weight is 391 g/mol. The molecule has 1 heterocycles. The topological polar surface area (TPSA) is 99.2 Å². The number of carbonyl (C=O) groups is 2. The zero-order valence-corrected chi connectivity index (χ0v) is 15.5. The van der Waals surface area contributed by atoms with E-state index in [2.05, 4.69) is 11.5 Å². The summed E-state index contributed by atoms with van der Waals surface area (Å²) in [5.74, 6) is -0.948. The SMILES string of the molecule is CC(=O)NN1C(N)=C(C#N)C(c2ccc(Cl)c(Cl)c2)C2=C1CCCC2=O. The molecule has 0 saturated carbocycles. The molecule has 2 aliphatic rings. The lowest BCUT2D eigenvalue weighted by Gasteiger charge is -2.39. The van der Waals surface area contributed by atoms with Crippen molar-refractivity contribution >= 4 is 34.9 Å². The molecule has 1 atom stereocenters. The summed E-state index contributed by atoms with van der Waals surface area (Å²) in [6, 6.07) is 7.08. The standard InChI is InChI=1S/C18H16Cl2N4O2/c1-9(25)23-24-14-3-2-4-15(26)17(14)16(11(8-21)18(24)22)10-5-6-12(19)13(20)7-10/h5-7,16H,2-4,22H2,1H3,(H,23,25). The zero-order chi connectivity index (χ0) is 19.0. The molecule has 134 valence electrons. The number of nitrogens with two attached hydrogens (primary N) is 1. The van der Waals surface area contributed by atoms with Crippen molar-refractivity contribution in [2.75, 3.05) is 0 Å². The van der Waals surface area contributed by atoms with Crippen LogP contribution >= 0.6 is 23.2 Å². The number of nitriles is 1. The highest BCUT2D eigenvalue weighted by molar-refractivity contribution is 6.42. The molecule has 1 aliphatic heterocycles. The highest BCUT2D eigenvalue weighted by Gasteiger charge is 2.40. The van der Waals surface area contributed by atoms with Crippen LogP contribution in [0.5, 0.6) is 0 Å². The molecule has 26 heavy (non-hydrogen) atoms. The second-order valence-corrected chi connectivity index (χ2v) is 6.97. The Morgan fingerprint density at radius 1 is 1.35 bits per heavy atom. The summed E-state index contributed by atoms with van der Waals surface area (Å²) in [5, 5.41) is 11.8. The molecule has 0 aromatic heterocycles. The second kappa shape index (κ2) is 7.02. The number of nitrogens with zero attached hydrogens (tertiary/aromatic N) is 2. The van der Waals surface area contributed by atoms with E-state index >= 15 is 0 Å². The van der Waals surface area contributed by atoms with Crippen molar-refractivity contribution in [2.24, 2.45) is 5.73 Å². The number of rotatable bonds is 2. The van der Waals surface area contributed by atoms with Gasteiger partial charge in [-0.3, -0.25) is 15.0 Å². The first kappa shape index (κ1) is 18.3. The van der Waals surface area contributed by atoms with Crippen LogP contribution in [0.3, 0.4) is 0 Å². The number of halogens is 2. The Hall–Kier alpha value is -2.49. The maximum absolute atomic E-state index is 12.7. The molecule has 1 aromatic carbocycles. The Labute approximate surface area is 160 Å². The highest BCUT2D eigenvalue weighted by atomic mass is 35.5. The lowest BCUT2D eigenvalue weighted by molar-refractivity contribution is -0.123. The number of carbonyl (C=O) groups excluding carboxylic acids is 2. The Kier molecular flexibility index (Phi) is 4.94. The predicted octanol–water partition coefficient (Wildman–Crippen LogP) is 3.14. The fourth-order valence-corrected chi connectivity index (χ4v) is 3.70. The molecule has 3 rings (SSSR count). The van der Waals surface area contributed by atoms with Crippen LogP contribution < -0.4 is 11.2 Å². The number of ketones is 1. The van der Waals surface area contributed by atoms with Gasteiger partial charge < -0.3 is 5.73 Å². The van der Waals surface area contributed by atoms with Gasteiger partial charge in [0.05, 0.1) is 27.6 Å². The number of allylic oxidation sites excluding steroid dienone is 3. The van der Waals surface area contributed by atoms with Crippen LogP contribution in [0.2, 0.25) is 10.0 Å². The number of nitrogens with one attached hydrogen (secondary N) is 1. The summed E-state index contributed by atoms with van der Waals surface area (Å²) in [6.07, 6.45) is 1.60. The Morgan fingerprint density at radius 3 is 2.69 bits per heavy atom. The lowest BCUT2D eigenvalue weighted by Crippen LogP contribution is -2.47. The molecule has 1 amide bonds. The maximum Gasteiger partial charge on any atom is 0.235 e. The summed E-state index contributed by atoms with van der Waals surface area (Å²) in [4.78, 5) is 24.3. The summed E-state index contributed by atoms with van der Waals surface area (Å²) in [6.45, 7) is 1.34. The molecule has 0 radical (unpaired) electrons. The lowest BCUT2D eigenvalue weighted by atomic mass is 9.76. The van der Waals surface area contributed by atoms with Crippen LogP contribution in [-0.2, 0) is 9.59 Å². The van der Waals surface area contributed by atoms with Gasteiger partial charge >= 0.3 is 0 Å². The van der Waals surface area contributed by atoms with Gasteiger partial charge in [0, 0.05) is 24.6 Å². The van der Waals surface area contributed by atoms with E-state index in [1.165, 1.54) is 11.9 Å². The molecule has 3 N–H and O–H groups in total. The zero-order valence-electron chi connectivity index (χ0n) is 14.0. The third-order valence-electron chi connectivity index (χ3n) is 4.46. The van der Waals surface area contributed by atoms with Crippen LogP contribution in [0.15, 0.2) is 40.9 Å². The van der Waals surface area contributed by atoms with E-state index in [4.69, 9.17) is 28.9 Å². The van der Waals surface area contributed by atoms with Crippen LogP contribution in [0.4, 0.5) is 0 Å². The van der Waals surface area contributed by atoms with Crippen LogP contribution in [0.25, 0.3) is 0 Å². The largest absolute Gasteiger partial charge is 0.383 e. The van der Waals surface area contributed by atoms with Crippen molar-refractivity contribution < 1.29 is 9.59 Å². The van der Waals surface area contributed by atoms with Crippen molar-refractivity contribution in [1.29, 1.82) is 5.26 Å². The predicted molar refractivity (Wildman–Crippen MR) is 97.6 cm³/mol. The smallest absolute Gasteiger partial charge is 0.235 e. The molecule has 6 nitrogen and oxygen atoms in total. The van der Waals surface area contributed by atoms with Gasteiger partial charge in [0.15, 0.2) is 5.78 Å². The third-order valence-corrected chi connectivity index (χ3v) is 5.20.